The van der Waals surface area contributed by atoms with Crippen LogP contribution in [0.15, 0.2) is 30.5 Å². The highest BCUT2D eigenvalue weighted by Gasteiger charge is 2.28. The van der Waals surface area contributed by atoms with E-state index in [-0.39, 0.29) is 6.10 Å². The van der Waals surface area contributed by atoms with Crippen LogP contribution in [0.1, 0.15) is 21.6 Å². The number of rotatable bonds is 7. The van der Waals surface area contributed by atoms with Gasteiger partial charge >= 0.3 is 0 Å². The van der Waals surface area contributed by atoms with Crippen LogP contribution in [0.25, 0.3) is 5.95 Å². The standard InChI is InChI=1S/C19H21N7O3/c1-12-14(11-27)8-21-26(12)19-23-17(22-18(24-19)25-9-15(28)10-25)20-7-13-3-5-16(29-2)6-4-13/h3-6,8,11,15,28H,7,9-10H2,1-2H3,(H,20,22,23,24). The predicted molar refractivity (Wildman–Crippen MR) is 106 cm³/mol. The van der Waals surface area contributed by atoms with E-state index < -0.39 is 0 Å². The van der Waals surface area contributed by atoms with Gasteiger partial charge in [-0.15, -0.1) is 0 Å². The molecule has 3 heterocycles. The zero-order chi connectivity index (χ0) is 20.4. The van der Waals surface area contributed by atoms with Crippen LogP contribution in [0.5, 0.6) is 5.75 Å². The van der Waals surface area contributed by atoms with Crippen molar-refractivity contribution in [3.8, 4) is 11.7 Å². The molecule has 4 rings (SSSR count). The van der Waals surface area contributed by atoms with Crippen LogP contribution in [0.2, 0.25) is 0 Å². The fourth-order valence-electron chi connectivity index (χ4n) is 2.95. The minimum absolute atomic E-state index is 0.305. The first kappa shape index (κ1) is 18.8. The fraction of sp³-hybridized carbons (Fsp3) is 0.316. The quantitative estimate of drug-likeness (QED) is 0.564. The molecule has 0 unspecified atom stereocenters. The zero-order valence-electron chi connectivity index (χ0n) is 16.1. The van der Waals surface area contributed by atoms with Gasteiger partial charge in [0, 0.05) is 19.6 Å². The molecule has 1 fully saturated rings. The molecule has 150 valence electrons. The van der Waals surface area contributed by atoms with Gasteiger partial charge in [-0.05, 0) is 24.6 Å². The normalized spacial score (nSPS) is 13.8. The Balaban J connectivity index is 1.62. The Hall–Kier alpha value is -3.53. The van der Waals surface area contributed by atoms with Crippen LogP contribution >= 0.6 is 0 Å². The highest BCUT2D eigenvalue weighted by molar-refractivity contribution is 5.76. The van der Waals surface area contributed by atoms with E-state index in [4.69, 9.17) is 4.74 Å². The number of hydrogen-bond donors (Lipinski definition) is 2. The van der Waals surface area contributed by atoms with E-state index in [1.54, 1.807) is 14.0 Å². The number of hydrogen-bond acceptors (Lipinski definition) is 9. The SMILES string of the molecule is COc1ccc(CNc2nc(N3CC(O)C3)nc(-n3ncc(C=O)c3C)n2)cc1. The Kier molecular flexibility index (Phi) is 5.09. The van der Waals surface area contributed by atoms with E-state index in [0.29, 0.717) is 48.7 Å². The van der Waals surface area contributed by atoms with Crippen molar-refractivity contribution in [1.82, 2.24) is 24.7 Å². The van der Waals surface area contributed by atoms with Crippen molar-refractivity contribution < 1.29 is 14.6 Å². The first-order valence-electron chi connectivity index (χ1n) is 9.13. The lowest BCUT2D eigenvalue weighted by Crippen LogP contribution is -2.51. The average molecular weight is 395 g/mol. The molecule has 29 heavy (non-hydrogen) atoms. The maximum Gasteiger partial charge on any atom is 0.257 e. The number of nitrogens with one attached hydrogen (secondary N) is 1. The molecular weight excluding hydrogens is 374 g/mol. The summed E-state index contributed by atoms with van der Waals surface area (Å²) in [4.78, 5) is 26.4. The van der Waals surface area contributed by atoms with E-state index in [1.165, 1.54) is 10.9 Å². The second kappa shape index (κ2) is 7.84. The monoisotopic (exact) mass is 395 g/mol. The number of carbonyl (C=O) groups is 1. The summed E-state index contributed by atoms with van der Waals surface area (Å²) in [7, 11) is 1.63. The van der Waals surface area contributed by atoms with Crippen molar-refractivity contribution in [2.24, 2.45) is 0 Å². The fourth-order valence-corrected chi connectivity index (χ4v) is 2.95. The second-order valence-corrected chi connectivity index (χ2v) is 6.73. The Morgan fingerprint density at radius 1 is 1.21 bits per heavy atom. The van der Waals surface area contributed by atoms with E-state index in [0.717, 1.165) is 17.6 Å². The lowest BCUT2D eigenvalue weighted by atomic mass is 10.2. The minimum Gasteiger partial charge on any atom is -0.497 e. The molecule has 1 aliphatic heterocycles. The van der Waals surface area contributed by atoms with E-state index in [9.17, 15) is 9.90 Å². The number of benzene rings is 1. The van der Waals surface area contributed by atoms with Gasteiger partial charge in [-0.25, -0.2) is 4.68 Å². The Morgan fingerprint density at radius 3 is 2.55 bits per heavy atom. The molecule has 3 aromatic rings. The van der Waals surface area contributed by atoms with E-state index in [1.807, 2.05) is 29.2 Å². The molecule has 10 heteroatoms. The summed E-state index contributed by atoms with van der Waals surface area (Å²) < 4.78 is 6.68. The molecule has 2 N–H and O–H groups in total. The average Bonchev–Trinajstić information content (AvgIpc) is 3.10. The molecule has 0 atom stereocenters. The van der Waals surface area contributed by atoms with Gasteiger partial charge in [0.15, 0.2) is 6.29 Å². The maximum absolute atomic E-state index is 11.1. The van der Waals surface area contributed by atoms with Crippen LogP contribution < -0.4 is 15.0 Å². The number of aliphatic hydroxyl groups is 1. The molecule has 2 aromatic heterocycles. The van der Waals surface area contributed by atoms with Gasteiger partial charge in [-0.1, -0.05) is 12.1 Å². The first-order valence-corrected chi connectivity index (χ1v) is 9.13. The summed E-state index contributed by atoms with van der Waals surface area (Å²) in [6, 6.07) is 7.68. The van der Waals surface area contributed by atoms with Crippen molar-refractivity contribution >= 4 is 18.2 Å². The molecule has 1 saturated heterocycles. The third-order valence-electron chi connectivity index (χ3n) is 4.73. The number of anilines is 2. The molecule has 0 spiro atoms. The molecule has 0 amide bonds. The summed E-state index contributed by atoms with van der Waals surface area (Å²) >= 11 is 0. The number of β-amino-alcohol motifs (C(OH)–C–C–N with tert-alkyl or cyclic N) is 1. The third kappa shape index (κ3) is 3.87. The molecule has 0 bridgehead atoms. The summed E-state index contributed by atoms with van der Waals surface area (Å²) in [6.45, 7) is 3.20. The lowest BCUT2D eigenvalue weighted by Gasteiger charge is -2.35. The van der Waals surface area contributed by atoms with E-state index >= 15 is 0 Å². The van der Waals surface area contributed by atoms with Gasteiger partial charge in [0.1, 0.15) is 5.75 Å². The summed E-state index contributed by atoms with van der Waals surface area (Å²) in [5.41, 5.74) is 2.15. The molecule has 0 aliphatic carbocycles. The summed E-state index contributed by atoms with van der Waals surface area (Å²) in [5, 5.41) is 17.0. The Bertz CT molecular complexity index is 1010. The largest absolute Gasteiger partial charge is 0.497 e. The van der Waals surface area contributed by atoms with Crippen LogP contribution in [-0.4, -0.2) is 62.4 Å². The van der Waals surface area contributed by atoms with Crippen molar-refractivity contribution in [2.75, 3.05) is 30.4 Å². The number of ether oxygens (including phenoxy) is 1. The third-order valence-corrected chi connectivity index (χ3v) is 4.73. The van der Waals surface area contributed by atoms with Crippen LogP contribution in [-0.2, 0) is 6.54 Å². The van der Waals surface area contributed by atoms with Crippen molar-refractivity contribution in [2.45, 2.75) is 19.6 Å². The highest BCUT2D eigenvalue weighted by atomic mass is 16.5. The number of carbonyl (C=O) groups excluding carboxylic acids is 1. The number of nitrogens with zero attached hydrogens (tertiary/aromatic N) is 6. The summed E-state index contributed by atoms with van der Waals surface area (Å²) in [6.07, 6.45) is 1.83. The number of aliphatic hydroxyl groups excluding tert-OH is 1. The van der Waals surface area contributed by atoms with Gasteiger partial charge in [-0.3, -0.25) is 4.79 Å². The van der Waals surface area contributed by atoms with E-state index in [2.05, 4.69) is 25.4 Å². The predicted octanol–water partition coefficient (Wildman–Crippen LogP) is 0.980. The lowest BCUT2D eigenvalue weighted by molar-refractivity contribution is 0.112. The zero-order valence-corrected chi connectivity index (χ0v) is 16.1. The number of methoxy groups -OCH3 is 1. The molecule has 10 nitrogen and oxygen atoms in total. The Morgan fingerprint density at radius 2 is 1.93 bits per heavy atom. The molecule has 1 aromatic carbocycles. The van der Waals surface area contributed by atoms with Crippen LogP contribution in [0, 0.1) is 6.92 Å². The van der Waals surface area contributed by atoms with Gasteiger partial charge < -0.3 is 20.1 Å². The maximum atomic E-state index is 11.1. The highest BCUT2D eigenvalue weighted by Crippen LogP contribution is 2.20. The van der Waals surface area contributed by atoms with Crippen molar-refractivity contribution in [1.29, 1.82) is 0 Å². The van der Waals surface area contributed by atoms with Gasteiger partial charge in [-0.2, -0.15) is 20.1 Å². The Labute approximate surface area is 167 Å². The van der Waals surface area contributed by atoms with Crippen molar-refractivity contribution in [3.05, 3.63) is 47.3 Å². The summed E-state index contributed by atoms with van der Waals surface area (Å²) in [5.74, 6) is 1.92. The van der Waals surface area contributed by atoms with Crippen molar-refractivity contribution in [3.63, 3.8) is 0 Å². The van der Waals surface area contributed by atoms with Gasteiger partial charge in [0.05, 0.1) is 30.7 Å². The molecule has 0 saturated carbocycles. The molecular formula is C19H21N7O3. The van der Waals surface area contributed by atoms with Crippen LogP contribution in [0.3, 0.4) is 0 Å². The smallest absolute Gasteiger partial charge is 0.257 e. The molecule has 0 radical (unpaired) electrons. The number of aldehydes is 1. The van der Waals surface area contributed by atoms with Gasteiger partial charge in [0.25, 0.3) is 5.95 Å². The first-order chi connectivity index (χ1) is 14.1. The second-order valence-electron chi connectivity index (χ2n) is 6.73. The van der Waals surface area contributed by atoms with Crippen LogP contribution in [0.4, 0.5) is 11.9 Å². The minimum atomic E-state index is -0.390. The number of aromatic nitrogens is 5. The molecule has 1 aliphatic rings. The van der Waals surface area contributed by atoms with Gasteiger partial charge in [0.2, 0.25) is 11.9 Å². The topological polar surface area (TPSA) is 118 Å².